The average molecular weight is 909 g/mol. The number of aliphatic hydroxyl groups is 1. The molecule has 0 aromatic carbocycles. The first-order valence-corrected chi connectivity index (χ1v) is 26.4. The lowest BCUT2D eigenvalue weighted by Crippen LogP contribution is -2.45. The van der Waals surface area contributed by atoms with Gasteiger partial charge >= 0.3 is 0 Å². The minimum absolute atomic E-state index is 0.0140. The predicted molar refractivity (Wildman–Crippen MR) is 274 cm³/mol. The van der Waals surface area contributed by atoms with Gasteiger partial charge in [-0.1, -0.05) is 193 Å². The van der Waals surface area contributed by atoms with Crippen molar-refractivity contribution in [1.82, 2.24) is 5.32 Å². The molecule has 64 heavy (non-hydrogen) atoms. The van der Waals surface area contributed by atoms with Crippen LogP contribution in [0.4, 0.5) is 0 Å². The fourth-order valence-electron chi connectivity index (χ4n) is 6.25. The van der Waals surface area contributed by atoms with Crippen LogP contribution in [0, 0.1) is 0 Å². The molecule has 0 saturated carbocycles. The molecule has 0 bridgehead atoms. The van der Waals surface area contributed by atoms with Gasteiger partial charge in [0.2, 0.25) is 5.91 Å². The first kappa shape index (κ1) is 60.9. The molecule has 2 N–H and O–H groups in total. The summed E-state index contributed by atoms with van der Waals surface area (Å²) < 4.78 is 23.1. The molecule has 9 heteroatoms. The lowest BCUT2D eigenvalue weighted by molar-refractivity contribution is -0.870. The first-order chi connectivity index (χ1) is 31.0. The van der Waals surface area contributed by atoms with Crippen LogP contribution < -0.4 is 10.2 Å². The summed E-state index contributed by atoms with van der Waals surface area (Å²) in [5.74, 6) is -0.224. The van der Waals surface area contributed by atoms with Gasteiger partial charge in [-0.3, -0.25) is 9.36 Å². The Morgan fingerprint density at radius 3 is 1.44 bits per heavy atom. The molecule has 3 unspecified atom stereocenters. The van der Waals surface area contributed by atoms with Gasteiger partial charge in [-0.15, -0.1) is 0 Å². The molecule has 0 aromatic rings. The Bertz CT molecular complexity index is 1450. The number of quaternary nitrogens is 1. The summed E-state index contributed by atoms with van der Waals surface area (Å²) in [6, 6.07) is -0.910. The van der Waals surface area contributed by atoms with E-state index < -0.39 is 26.6 Å². The van der Waals surface area contributed by atoms with E-state index in [1.54, 1.807) is 6.08 Å². The fraction of sp³-hybridized carbons (Fsp3) is 0.618. The summed E-state index contributed by atoms with van der Waals surface area (Å²) >= 11 is 0. The summed E-state index contributed by atoms with van der Waals surface area (Å²) in [7, 11) is 1.22. The van der Waals surface area contributed by atoms with Crippen LogP contribution in [-0.4, -0.2) is 68.5 Å². The zero-order chi connectivity index (χ0) is 47.1. The minimum Gasteiger partial charge on any atom is -0.756 e. The zero-order valence-corrected chi connectivity index (χ0v) is 42.1. The van der Waals surface area contributed by atoms with E-state index >= 15 is 0 Å². The molecule has 0 aliphatic rings. The SMILES string of the molecule is CC/C=C\C/C=C\C/C=C\C/C=C\C/C=C\C/C=C\C/C=C\C/C=C\CCCCCCCCCCCCC(=O)NC(COP(=O)([O-])OCC[N+](C)(C)C)C(O)/C=C/CC/C=C/CCC. The smallest absolute Gasteiger partial charge is 0.268 e. The van der Waals surface area contributed by atoms with E-state index in [1.165, 1.54) is 44.9 Å². The number of hydrogen-bond donors (Lipinski definition) is 2. The molecule has 0 aliphatic heterocycles. The first-order valence-electron chi connectivity index (χ1n) is 24.9. The van der Waals surface area contributed by atoms with E-state index in [4.69, 9.17) is 9.05 Å². The maximum Gasteiger partial charge on any atom is 0.268 e. The lowest BCUT2D eigenvalue weighted by Gasteiger charge is -2.29. The van der Waals surface area contributed by atoms with Crippen LogP contribution in [0.5, 0.6) is 0 Å². The number of amides is 1. The number of rotatable bonds is 43. The van der Waals surface area contributed by atoms with Gasteiger partial charge in [0.1, 0.15) is 13.2 Å². The molecule has 0 rings (SSSR count). The largest absolute Gasteiger partial charge is 0.756 e. The molecule has 0 spiro atoms. The Kier molecular flexibility index (Phi) is 42.9. The monoisotopic (exact) mass is 909 g/mol. The molecular weight excluding hydrogens is 816 g/mol. The number of hydrogen-bond acceptors (Lipinski definition) is 6. The zero-order valence-electron chi connectivity index (χ0n) is 41.2. The van der Waals surface area contributed by atoms with Gasteiger partial charge < -0.3 is 28.8 Å². The van der Waals surface area contributed by atoms with Crippen LogP contribution in [0.15, 0.2) is 122 Å². The molecule has 8 nitrogen and oxygen atoms in total. The second-order valence-electron chi connectivity index (χ2n) is 17.4. The lowest BCUT2D eigenvalue weighted by atomic mass is 10.0. The van der Waals surface area contributed by atoms with E-state index in [-0.39, 0.29) is 12.5 Å². The van der Waals surface area contributed by atoms with Crippen LogP contribution in [0.1, 0.15) is 168 Å². The highest BCUT2D eigenvalue weighted by molar-refractivity contribution is 7.45. The van der Waals surface area contributed by atoms with Crippen LogP contribution in [0.2, 0.25) is 0 Å². The van der Waals surface area contributed by atoms with E-state index in [9.17, 15) is 19.4 Å². The average Bonchev–Trinajstić information content (AvgIpc) is 3.25. The van der Waals surface area contributed by atoms with Crippen LogP contribution in [0.3, 0.4) is 0 Å². The van der Waals surface area contributed by atoms with Gasteiger partial charge in [0.15, 0.2) is 0 Å². The molecule has 0 heterocycles. The number of phosphoric acid groups is 1. The van der Waals surface area contributed by atoms with Gasteiger partial charge in [0, 0.05) is 6.42 Å². The van der Waals surface area contributed by atoms with Crippen LogP contribution in [-0.2, 0) is 18.4 Å². The van der Waals surface area contributed by atoms with Gasteiger partial charge in [0.05, 0.1) is 39.9 Å². The van der Waals surface area contributed by atoms with E-state index in [0.29, 0.717) is 17.4 Å². The second kappa shape index (κ2) is 45.1. The topological polar surface area (TPSA) is 108 Å². The van der Waals surface area contributed by atoms with Crippen molar-refractivity contribution in [3.8, 4) is 0 Å². The third-order valence-electron chi connectivity index (χ3n) is 10.1. The molecule has 1 amide bonds. The van der Waals surface area contributed by atoms with E-state index in [1.807, 2.05) is 27.2 Å². The number of nitrogens with one attached hydrogen (secondary N) is 1. The van der Waals surface area contributed by atoms with Crippen molar-refractivity contribution in [2.45, 2.75) is 180 Å². The summed E-state index contributed by atoms with van der Waals surface area (Å²) in [4.78, 5) is 25.2. The number of phosphoric ester groups is 1. The van der Waals surface area contributed by atoms with Crippen molar-refractivity contribution in [2.24, 2.45) is 0 Å². The molecule has 0 saturated heterocycles. The highest BCUT2D eigenvalue weighted by Crippen LogP contribution is 2.38. The second-order valence-corrected chi connectivity index (χ2v) is 18.8. The van der Waals surface area contributed by atoms with Crippen molar-refractivity contribution in [3.05, 3.63) is 122 Å². The van der Waals surface area contributed by atoms with Crippen molar-refractivity contribution in [2.75, 3.05) is 40.9 Å². The Hall–Kier alpha value is -3.10. The van der Waals surface area contributed by atoms with Crippen LogP contribution in [0.25, 0.3) is 0 Å². The van der Waals surface area contributed by atoms with Gasteiger partial charge in [-0.25, -0.2) is 0 Å². The van der Waals surface area contributed by atoms with Gasteiger partial charge in [-0.05, 0) is 89.9 Å². The number of allylic oxidation sites excluding steroid dienone is 19. The highest BCUT2D eigenvalue weighted by atomic mass is 31.2. The molecule has 0 aliphatic carbocycles. The standard InChI is InChI=1S/C55H93N2O6P/c1-6-8-10-12-14-15-16-17-18-19-20-21-22-23-24-25-26-27-28-29-30-31-32-33-34-35-36-37-38-39-40-41-43-45-47-49-55(59)56-53(54(58)48-46-44-42-13-11-9-7-2)52-63-64(60,61)62-51-50-57(3,4)5/h8,10-11,13-15,17-18,20-21,23-24,26-27,29-30,32-33,46,48,53-54,58H,6-7,9,12,16,19,22,25,28,31,34-45,47,49-52H2,1-5H3,(H-,56,59,60,61)/b10-8-,13-11+,15-14-,18-17-,21-20-,24-23-,27-26-,30-29-,33-32-,48-46+. The quantitative estimate of drug-likeness (QED) is 0.0273. The molecular formula is C55H93N2O6P. The normalized spacial score (nSPS) is 15.2. The maximum absolute atomic E-state index is 12.8. The number of carbonyl (C=O) groups excluding carboxylic acids is 1. The Balaban J connectivity index is 4.04. The Morgan fingerprint density at radius 2 is 0.969 bits per heavy atom. The molecule has 0 aromatic heterocycles. The highest BCUT2D eigenvalue weighted by Gasteiger charge is 2.23. The van der Waals surface area contributed by atoms with Gasteiger partial charge in [0.25, 0.3) is 7.82 Å². The summed E-state index contributed by atoms with van der Waals surface area (Å²) in [6.07, 6.45) is 67.3. The molecule has 3 atom stereocenters. The predicted octanol–water partition coefficient (Wildman–Crippen LogP) is 14.0. The number of aliphatic hydroxyl groups excluding tert-OH is 1. The van der Waals surface area contributed by atoms with Crippen molar-refractivity contribution in [3.63, 3.8) is 0 Å². The number of carbonyl (C=O) groups is 1. The Labute approximate surface area is 393 Å². The minimum atomic E-state index is -4.60. The molecule has 0 radical (unpaired) electrons. The molecule has 364 valence electrons. The third-order valence-corrected chi connectivity index (χ3v) is 11.1. The van der Waals surface area contributed by atoms with Crippen molar-refractivity contribution >= 4 is 13.7 Å². The van der Waals surface area contributed by atoms with Crippen LogP contribution >= 0.6 is 7.82 Å². The molecule has 0 fully saturated rings. The number of nitrogens with zero attached hydrogens (tertiary/aromatic N) is 1. The Morgan fingerprint density at radius 1 is 0.562 bits per heavy atom. The fourth-order valence-corrected chi connectivity index (χ4v) is 6.97. The maximum atomic E-state index is 12.8. The summed E-state index contributed by atoms with van der Waals surface area (Å²) in [5, 5.41) is 13.6. The van der Waals surface area contributed by atoms with Crippen molar-refractivity contribution < 1.29 is 32.9 Å². The third kappa shape index (κ3) is 46.9. The number of likely N-dealkylation sites (N-methyl/N-ethyl adjacent to an activating group) is 1. The van der Waals surface area contributed by atoms with E-state index in [0.717, 1.165) is 103 Å². The number of unbranched alkanes of at least 4 members (excludes halogenated alkanes) is 12. The summed E-state index contributed by atoms with van der Waals surface area (Å²) in [6.45, 7) is 4.36. The van der Waals surface area contributed by atoms with Gasteiger partial charge in [-0.2, -0.15) is 0 Å². The van der Waals surface area contributed by atoms with Crippen molar-refractivity contribution in [1.29, 1.82) is 0 Å². The van der Waals surface area contributed by atoms with E-state index in [2.05, 4.69) is 129 Å². The summed E-state index contributed by atoms with van der Waals surface area (Å²) in [5.41, 5.74) is 0.